The molecule has 0 spiro atoms. The van der Waals surface area contributed by atoms with Crippen LogP contribution in [0.1, 0.15) is 24.5 Å². The number of nitrogens with zero attached hydrogens (tertiary/aromatic N) is 3. The van der Waals surface area contributed by atoms with E-state index in [1.807, 2.05) is 7.05 Å². The van der Waals surface area contributed by atoms with Gasteiger partial charge in [0.2, 0.25) is 5.91 Å². The molecule has 6 heteroatoms. The summed E-state index contributed by atoms with van der Waals surface area (Å²) in [6.45, 7) is 2.08. The lowest BCUT2D eigenvalue weighted by Crippen LogP contribution is -2.40. The molecule has 1 aromatic rings. The average Bonchev–Trinajstić information content (AvgIpc) is 2.38. The number of hydrogen-bond acceptors (Lipinski definition) is 5. The second-order valence-corrected chi connectivity index (χ2v) is 4.62. The molecule has 2 heterocycles. The van der Waals surface area contributed by atoms with Gasteiger partial charge >= 0.3 is 0 Å². The molecular formula is C12H19N5O. The number of piperidine rings is 1. The molecule has 1 fully saturated rings. The molecule has 0 aromatic carbocycles. The van der Waals surface area contributed by atoms with Crippen LogP contribution in [0, 0.1) is 0 Å². The molecule has 6 nitrogen and oxygen atoms in total. The van der Waals surface area contributed by atoms with Crippen LogP contribution < -0.4 is 11.1 Å². The highest BCUT2D eigenvalue weighted by atomic mass is 16.1. The first-order valence-electron chi connectivity index (χ1n) is 6.19. The van der Waals surface area contributed by atoms with Crippen LogP contribution in [0.2, 0.25) is 0 Å². The van der Waals surface area contributed by atoms with Crippen molar-refractivity contribution < 1.29 is 4.79 Å². The summed E-state index contributed by atoms with van der Waals surface area (Å²) in [5.74, 6) is 0.837. The predicted molar refractivity (Wildman–Crippen MR) is 69.2 cm³/mol. The molecule has 2 rings (SSSR count). The lowest BCUT2D eigenvalue weighted by molar-refractivity contribution is -0.119. The van der Waals surface area contributed by atoms with E-state index in [2.05, 4.69) is 20.2 Å². The number of anilines is 1. The van der Waals surface area contributed by atoms with Gasteiger partial charge in [-0.2, -0.15) is 0 Å². The first-order chi connectivity index (χ1) is 8.69. The second kappa shape index (κ2) is 5.77. The van der Waals surface area contributed by atoms with Crippen LogP contribution in [0.25, 0.3) is 0 Å². The van der Waals surface area contributed by atoms with Gasteiger partial charge < -0.3 is 11.1 Å². The molecule has 3 N–H and O–H groups in total. The van der Waals surface area contributed by atoms with Gasteiger partial charge in [0.05, 0.1) is 18.4 Å². The fourth-order valence-corrected chi connectivity index (χ4v) is 2.36. The average molecular weight is 249 g/mol. The zero-order chi connectivity index (χ0) is 13.0. The number of carbonyl (C=O) groups excluding carboxylic acids is 1. The molecule has 1 aromatic heterocycles. The third-order valence-electron chi connectivity index (χ3n) is 3.21. The molecule has 0 unspecified atom stereocenters. The van der Waals surface area contributed by atoms with Crippen LogP contribution in [0.5, 0.6) is 0 Å². The third-order valence-corrected chi connectivity index (χ3v) is 3.21. The molecule has 0 radical (unpaired) electrons. The largest absolute Gasteiger partial charge is 0.372 e. The molecular weight excluding hydrogens is 230 g/mol. The summed E-state index contributed by atoms with van der Waals surface area (Å²) in [7, 11) is 1.83. The van der Waals surface area contributed by atoms with Gasteiger partial charge in [-0.15, -0.1) is 0 Å². The number of nitrogens with two attached hydrogens (primary N) is 1. The van der Waals surface area contributed by atoms with Crippen molar-refractivity contribution >= 4 is 11.7 Å². The maximum atomic E-state index is 11.0. The number of hydrogen-bond donors (Lipinski definition) is 2. The van der Waals surface area contributed by atoms with E-state index in [1.54, 1.807) is 12.4 Å². The zero-order valence-corrected chi connectivity index (χ0v) is 10.6. The minimum Gasteiger partial charge on any atom is -0.372 e. The van der Waals surface area contributed by atoms with E-state index in [4.69, 9.17) is 5.73 Å². The highest BCUT2D eigenvalue weighted by Crippen LogP contribution is 2.25. The van der Waals surface area contributed by atoms with Gasteiger partial charge in [-0.3, -0.25) is 14.7 Å². The number of amides is 1. The van der Waals surface area contributed by atoms with Gasteiger partial charge in [0.25, 0.3) is 0 Å². The maximum absolute atomic E-state index is 11.0. The van der Waals surface area contributed by atoms with Crippen molar-refractivity contribution in [3.63, 3.8) is 0 Å². The highest BCUT2D eigenvalue weighted by molar-refractivity contribution is 5.75. The fourth-order valence-electron chi connectivity index (χ4n) is 2.36. The summed E-state index contributed by atoms with van der Waals surface area (Å²) in [6.07, 6.45) is 5.65. The molecule has 1 aliphatic rings. The topological polar surface area (TPSA) is 84.1 Å². The Balaban J connectivity index is 2.05. The summed E-state index contributed by atoms with van der Waals surface area (Å²) < 4.78 is 0. The summed E-state index contributed by atoms with van der Waals surface area (Å²) in [5.41, 5.74) is 6.22. The highest BCUT2D eigenvalue weighted by Gasteiger charge is 2.23. The monoisotopic (exact) mass is 249 g/mol. The lowest BCUT2D eigenvalue weighted by Gasteiger charge is -2.31. The maximum Gasteiger partial charge on any atom is 0.231 e. The van der Waals surface area contributed by atoms with Crippen molar-refractivity contribution in [3.05, 3.63) is 18.1 Å². The van der Waals surface area contributed by atoms with E-state index in [0.29, 0.717) is 12.5 Å². The number of primary amides is 1. The molecule has 1 saturated heterocycles. The van der Waals surface area contributed by atoms with Crippen LogP contribution in [-0.4, -0.2) is 47.5 Å². The minimum atomic E-state index is -0.272. The molecule has 98 valence electrons. The van der Waals surface area contributed by atoms with E-state index >= 15 is 0 Å². The zero-order valence-electron chi connectivity index (χ0n) is 10.6. The van der Waals surface area contributed by atoms with Crippen molar-refractivity contribution in [2.45, 2.75) is 18.8 Å². The first kappa shape index (κ1) is 12.8. The Bertz CT molecular complexity index is 423. The van der Waals surface area contributed by atoms with Crippen LogP contribution >= 0.6 is 0 Å². The van der Waals surface area contributed by atoms with Gasteiger partial charge in [-0.25, -0.2) is 4.98 Å². The summed E-state index contributed by atoms with van der Waals surface area (Å²) >= 11 is 0. The van der Waals surface area contributed by atoms with Crippen molar-refractivity contribution in [2.24, 2.45) is 5.73 Å². The summed E-state index contributed by atoms with van der Waals surface area (Å²) in [4.78, 5) is 21.7. The molecule has 18 heavy (non-hydrogen) atoms. The predicted octanol–water partition coefficient (Wildman–Crippen LogP) is 0.183. The Hall–Kier alpha value is -1.69. The minimum absolute atomic E-state index is 0.272. The van der Waals surface area contributed by atoms with E-state index in [1.165, 1.54) is 0 Å². The number of rotatable bonds is 4. The third kappa shape index (κ3) is 3.16. The van der Waals surface area contributed by atoms with E-state index in [-0.39, 0.29) is 5.91 Å². The van der Waals surface area contributed by atoms with Crippen molar-refractivity contribution in [2.75, 3.05) is 32.0 Å². The smallest absolute Gasteiger partial charge is 0.231 e. The second-order valence-electron chi connectivity index (χ2n) is 4.62. The van der Waals surface area contributed by atoms with E-state index < -0.39 is 0 Å². The molecule has 1 atom stereocenters. The Kier molecular flexibility index (Phi) is 4.09. The SMILES string of the molecule is CNc1cncc([C@H]2CCCN(CC(N)=O)C2)n1. The molecule has 1 amide bonds. The van der Waals surface area contributed by atoms with Crippen molar-refractivity contribution in [1.29, 1.82) is 0 Å². The van der Waals surface area contributed by atoms with Crippen LogP contribution in [0.3, 0.4) is 0 Å². The number of carbonyl (C=O) groups is 1. The Morgan fingerprint density at radius 2 is 2.44 bits per heavy atom. The molecule has 0 saturated carbocycles. The Morgan fingerprint density at radius 1 is 1.61 bits per heavy atom. The quantitative estimate of drug-likeness (QED) is 0.795. The van der Waals surface area contributed by atoms with Gasteiger partial charge in [0, 0.05) is 25.7 Å². The number of nitrogens with one attached hydrogen (secondary N) is 1. The van der Waals surface area contributed by atoms with E-state index in [9.17, 15) is 4.79 Å². The van der Waals surface area contributed by atoms with Crippen LogP contribution in [0.4, 0.5) is 5.82 Å². The lowest BCUT2D eigenvalue weighted by atomic mass is 9.95. The first-order valence-corrected chi connectivity index (χ1v) is 6.19. The van der Waals surface area contributed by atoms with Crippen LogP contribution in [-0.2, 0) is 4.79 Å². The van der Waals surface area contributed by atoms with Crippen LogP contribution in [0.15, 0.2) is 12.4 Å². The molecule has 0 aliphatic carbocycles. The summed E-state index contributed by atoms with van der Waals surface area (Å²) in [5, 5.41) is 2.99. The molecule has 0 bridgehead atoms. The van der Waals surface area contributed by atoms with Gasteiger partial charge in [0.1, 0.15) is 5.82 Å². The van der Waals surface area contributed by atoms with Crippen molar-refractivity contribution in [1.82, 2.24) is 14.9 Å². The Labute approximate surface area is 107 Å². The standard InChI is InChI=1S/C12H19N5O/c1-14-12-6-15-5-10(16-12)9-3-2-4-17(7-9)8-11(13)18/h5-6,9H,2-4,7-8H2,1H3,(H2,13,18)(H,14,16)/t9-/m0/s1. The molecule has 1 aliphatic heterocycles. The van der Waals surface area contributed by atoms with Gasteiger partial charge in [-0.1, -0.05) is 0 Å². The van der Waals surface area contributed by atoms with E-state index in [0.717, 1.165) is 37.4 Å². The number of likely N-dealkylation sites (tertiary alicyclic amines) is 1. The fraction of sp³-hybridized carbons (Fsp3) is 0.583. The van der Waals surface area contributed by atoms with Gasteiger partial charge in [-0.05, 0) is 19.4 Å². The summed E-state index contributed by atoms with van der Waals surface area (Å²) in [6, 6.07) is 0. The van der Waals surface area contributed by atoms with Gasteiger partial charge in [0.15, 0.2) is 0 Å². The van der Waals surface area contributed by atoms with Crippen molar-refractivity contribution in [3.8, 4) is 0 Å². The Morgan fingerprint density at radius 3 is 3.17 bits per heavy atom. The number of aromatic nitrogens is 2. The normalized spacial score (nSPS) is 20.6.